The Morgan fingerprint density at radius 2 is 2.10 bits per heavy atom. The van der Waals surface area contributed by atoms with Crippen LogP contribution in [-0.4, -0.2) is 30.7 Å². The van der Waals surface area contributed by atoms with Crippen LogP contribution in [0.4, 0.5) is 0 Å². The minimum Gasteiger partial charge on any atom is -0.279 e. The molecule has 1 saturated heterocycles. The molecule has 0 saturated carbocycles. The van der Waals surface area contributed by atoms with Gasteiger partial charge in [-0.3, -0.25) is 4.90 Å². The van der Waals surface area contributed by atoms with Gasteiger partial charge >= 0.3 is 0 Å². The molecule has 55 valence electrons. The van der Waals surface area contributed by atoms with Gasteiger partial charge in [0, 0.05) is 19.6 Å². The number of rotatable bonds is 1. The maximum atomic E-state index is 4.50. The fraction of sp³-hybridized carbons (Fsp3) is 0.750. The van der Waals surface area contributed by atoms with Gasteiger partial charge in [0.05, 0.1) is 6.17 Å². The van der Waals surface area contributed by atoms with Crippen molar-refractivity contribution in [3.63, 3.8) is 0 Å². The van der Waals surface area contributed by atoms with Crippen molar-refractivity contribution in [2.24, 2.45) is 0 Å². The summed E-state index contributed by atoms with van der Waals surface area (Å²) in [7, 11) is 0. The fourth-order valence-corrected chi connectivity index (χ4v) is 1.64. The van der Waals surface area contributed by atoms with Crippen molar-refractivity contribution in [1.82, 2.24) is 10.2 Å². The molecule has 1 unspecified atom stereocenters. The first-order valence-corrected chi connectivity index (χ1v) is 4.02. The van der Waals surface area contributed by atoms with Crippen molar-refractivity contribution in [3.05, 3.63) is 12.2 Å². The molecular formula is C8H13N2. The van der Waals surface area contributed by atoms with E-state index in [2.05, 4.69) is 22.4 Å². The van der Waals surface area contributed by atoms with Crippen LogP contribution in [0.2, 0.25) is 0 Å². The van der Waals surface area contributed by atoms with Crippen molar-refractivity contribution in [2.75, 3.05) is 19.6 Å². The molecule has 0 bridgehead atoms. The second kappa shape index (κ2) is 2.72. The summed E-state index contributed by atoms with van der Waals surface area (Å²) >= 11 is 0. The zero-order chi connectivity index (χ0) is 6.81. The molecule has 0 amide bonds. The zero-order valence-corrected chi connectivity index (χ0v) is 6.16. The lowest BCUT2D eigenvalue weighted by atomic mass is 10.3. The number of hydrogen-bond acceptors (Lipinski definition) is 1. The molecule has 1 radical (unpaired) electrons. The highest BCUT2D eigenvalue weighted by molar-refractivity contribution is 4.97. The van der Waals surface area contributed by atoms with E-state index in [1.54, 1.807) is 0 Å². The van der Waals surface area contributed by atoms with Crippen molar-refractivity contribution in [3.8, 4) is 0 Å². The summed E-state index contributed by atoms with van der Waals surface area (Å²) in [4.78, 5) is 2.42. The highest BCUT2D eigenvalue weighted by atomic mass is 15.3. The van der Waals surface area contributed by atoms with E-state index in [1.807, 2.05) is 0 Å². The van der Waals surface area contributed by atoms with Crippen LogP contribution < -0.4 is 5.32 Å². The summed E-state index contributed by atoms with van der Waals surface area (Å²) in [6, 6.07) is 0. The third kappa shape index (κ3) is 1.09. The molecule has 1 atom stereocenters. The summed E-state index contributed by atoms with van der Waals surface area (Å²) in [6.45, 7) is 3.32. The van der Waals surface area contributed by atoms with E-state index in [0.717, 1.165) is 19.6 Å². The predicted molar refractivity (Wildman–Crippen MR) is 40.7 cm³/mol. The molecule has 0 N–H and O–H groups in total. The van der Waals surface area contributed by atoms with Gasteiger partial charge in [0.25, 0.3) is 0 Å². The molecule has 0 aliphatic carbocycles. The molecule has 2 rings (SSSR count). The Hall–Kier alpha value is -0.340. The van der Waals surface area contributed by atoms with Crippen molar-refractivity contribution in [1.29, 1.82) is 0 Å². The summed E-state index contributed by atoms with van der Waals surface area (Å²) in [5.74, 6) is 0. The van der Waals surface area contributed by atoms with E-state index in [1.165, 1.54) is 12.8 Å². The Kier molecular flexibility index (Phi) is 1.74. The van der Waals surface area contributed by atoms with Gasteiger partial charge in [-0.1, -0.05) is 12.2 Å². The van der Waals surface area contributed by atoms with Gasteiger partial charge < -0.3 is 0 Å². The summed E-state index contributed by atoms with van der Waals surface area (Å²) < 4.78 is 0. The van der Waals surface area contributed by atoms with Crippen LogP contribution in [0.3, 0.4) is 0 Å². The van der Waals surface area contributed by atoms with Crippen molar-refractivity contribution < 1.29 is 0 Å². The lowest BCUT2D eigenvalue weighted by molar-refractivity contribution is 0.232. The summed E-state index contributed by atoms with van der Waals surface area (Å²) in [5.41, 5.74) is 0. The Labute approximate surface area is 61.9 Å². The molecule has 0 spiro atoms. The summed E-state index contributed by atoms with van der Waals surface area (Å²) in [6.07, 6.45) is 7.58. The Balaban J connectivity index is 1.87. The van der Waals surface area contributed by atoms with Crippen molar-refractivity contribution in [2.45, 2.75) is 19.0 Å². The van der Waals surface area contributed by atoms with Crippen LogP contribution in [0, 0.1) is 0 Å². The molecule has 2 aliphatic heterocycles. The van der Waals surface area contributed by atoms with Gasteiger partial charge in [-0.25, -0.2) is 5.32 Å². The molecule has 0 aromatic heterocycles. The van der Waals surface area contributed by atoms with E-state index < -0.39 is 0 Å². The second-order valence-corrected chi connectivity index (χ2v) is 2.95. The maximum Gasteiger partial charge on any atom is 0.0766 e. The minimum atomic E-state index is 0.551. The smallest absolute Gasteiger partial charge is 0.0766 e. The molecular weight excluding hydrogens is 124 g/mol. The van der Waals surface area contributed by atoms with E-state index in [9.17, 15) is 0 Å². The minimum absolute atomic E-state index is 0.551. The van der Waals surface area contributed by atoms with Gasteiger partial charge in [-0.15, -0.1) is 0 Å². The van der Waals surface area contributed by atoms with E-state index in [-0.39, 0.29) is 0 Å². The van der Waals surface area contributed by atoms with Crippen LogP contribution >= 0.6 is 0 Å². The third-order valence-corrected chi connectivity index (χ3v) is 2.23. The van der Waals surface area contributed by atoms with Gasteiger partial charge in [0.15, 0.2) is 0 Å². The van der Waals surface area contributed by atoms with Crippen molar-refractivity contribution >= 4 is 0 Å². The standard InChI is InChI=1S/C8H13N2/c1-2-7-10(6-1)8-4-3-5-9-8/h1-2,8H,3-7H2. The predicted octanol–water partition coefficient (Wildman–Crippen LogP) is 0.583. The topological polar surface area (TPSA) is 17.3 Å². The third-order valence-electron chi connectivity index (χ3n) is 2.23. The normalized spacial score (nSPS) is 33.8. The molecule has 2 heterocycles. The van der Waals surface area contributed by atoms with Crippen LogP contribution in [0.1, 0.15) is 12.8 Å². The average molecular weight is 137 g/mol. The van der Waals surface area contributed by atoms with E-state index in [0.29, 0.717) is 6.17 Å². The molecule has 0 aromatic rings. The molecule has 2 aliphatic rings. The van der Waals surface area contributed by atoms with Crippen LogP contribution in [0.5, 0.6) is 0 Å². The first-order valence-electron chi connectivity index (χ1n) is 4.02. The molecule has 0 aromatic carbocycles. The van der Waals surface area contributed by atoms with E-state index >= 15 is 0 Å². The fourth-order valence-electron chi connectivity index (χ4n) is 1.64. The quantitative estimate of drug-likeness (QED) is 0.483. The monoisotopic (exact) mass is 137 g/mol. The number of nitrogens with zero attached hydrogens (tertiary/aromatic N) is 2. The zero-order valence-electron chi connectivity index (χ0n) is 6.16. The molecule has 2 nitrogen and oxygen atoms in total. The van der Waals surface area contributed by atoms with Crippen LogP contribution in [0.25, 0.3) is 0 Å². The first kappa shape index (κ1) is 6.38. The Bertz CT molecular complexity index is 128. The van der Waals surface area contributed by atoms with E-state index in [4.69, 9.17) is 0 Å². The van der Waals surface area contributed by atoms with Crippen LogP contribution in [-0.2, 0) is 0 Å². The lowest BCUT2D eigenvalue weighted by Crippen LogP contribution is -2.36. The summed E-state index contributed by atoms with van der Waals surface area (Å²) in [5, 5.41) is 4.50. The highest BCUT2D eigenvalue weighted by Crippen LogP contribution is 2.14. The van der Waals surface area contributed by atoms with Gasteiger partial charge in [-0.05, 0) is 12.8 Å². The largest absolute Gasteiger partial charge is 0.279 e. The highest BCUT2D eigenvalue weighted by Gasteiger charge is 2.22. The Morgan fingerprint density at radius 1 is 1.30 bits per heavy atom. The van der Waals surface area contributed by atoms with Crippen LogP contribution in [0.15, 0.2) is 12.2 Å². The lowest BCUT2D eigenvalue weighted by Gasteiger charge is -2.21. The molecule has 10 heavy (non-hydrogen) atoms. The second-order valence-electron chi connectivity index (χ2n) is 2.95. The Morgan fingerprint density at radius 3 is 2.70 bits per heavy atom. The molecule has 2 heteroatoms. The van der Waals surface area contributed by atoms with Gasteiger partial charge in [0.1, 0.15) is 0 Å². The number of hydrogen-bond donors (Lipinski definition) is 0. The van der Waals surface area contributed by atoms with Gasteiger partial charge in [0.2, 0.25) is 0 Å². The average Bonchev–Trinajstić information content (AvgIpc) is 2.59. The maximum absolute atomic E-state index is 4.50. The molecule has 1 fully saturated rings. The SMILES string of the molecule is C1=CCN(C2CCC[N]2)C1. The van der Waals surface area contributed by atoms with Gasteiger partial charge in [-0.2, -0.15) is 0 Å². The first-order chi connectivity index (χ1) is 4.97.